The number of anilines is 1. The van der Waals surface area contributed by atoms with Crippen LogP contribution in [0.2, 0.25) is 0 Å². The van der Waals surface area contributed by atoms with E-state index in [9.17, 15) is 13.2 Å². The molecule has 0 saturated carbocycles. The highest BCUT2D eigenvalue weighted by molar-refractivity contribution is 7.90. The number of sulfonamides is 1. The molecule has 7 nitrogen and oxygen atoms in total. The van der Waals surface area contributed by atoms with Crippen LogP contribution in [0.3, 0.4) is 0 Å². The van der Waals surface area contributed by atoms with E-state index in [4.69, 9.17) is 0 Å². The third-order valence-electron chi connectivity index (χ3n) is 6.17. The molecular formula is C23H28N4O3S. The number of fused-ring (bicyclic) bond motifs is 1. The van der Waals surface area contributed by atoms with Gasteiger partial charge in [0, 0.05) is 49.9 Å². The number of likely N-dealkylation sites (N-methyl/N-ethyl adjacent to an activating group) is 1. The molecule has 2 aromatic carbocycles. The summed E-state index contributed by atoms with van der Waals surface area (Å²) in [4.78, 5) is 17.1. The number of likely N-dealkylation sites (tertiary alicyclic amines) is 1. The summed E-state index contributed by atoms with van der Waals surface area (Å²) in [5.41, 5.74) is 1.77. The Bertz CT molecular complexity index is 1080. The molecule has 164 valence electrons. The minimum Gasteiger partial charge on any atom is -0.370 e. The SMILES string of the molecule is CC(CNC(=O)C1CCN(C2=NS(=O)(=O)c3ccccc32)CC1)N(C)c1ccccc1. The number of hydrogen-bond donors (Lipinski definition) is 1. The monoisotopic (exact) mass is 440 g/mol. The molecule has 0 aliphatic carbocycles. The van der Waals surface area contributed by atoms with Crippen molar-refractivity contribution in [1.82, 2.24) is 10.2 Å². The summed E-state index contributed by atoms with van der Waals surface area (Å²) in [7, 11) is -1.59. The van der Waals surface area contributed by atoms with Gasteiger partial charge in [0.15, 0.2) is 5.84 Å². The lowest BCUT2D eigenvalue weighted by molar-refractivity contribution is -0.126. The summed E-state index contributed by atoms with van der Waals surface area (Å²) < 4.78 is 28.6. The number of rotatable bonds is 5. The first-order chi connectivity index (χ1) is 14.9. The first-order valence-corrected chi connectivity index (χ1v) is 12.1. The van der Waals surface area contributed by atoms with E-state index in [0.29, 0.717) is 43.9 Å². The summed E-state index contributed by atoms with van der Waals surface area (Å²) in [6.45, 7) is 3.88. The van der Waals surface area contributed by atoms with Crippen LogP contribution in [0.1, 0.15) is 25.3 Å². The van der Waals surface area contributed by atoms with Gasteiger partial charge in [-0.3, -0.25) is 4.79 Å². The Morgan fingerprint density at radius 2 is 1.77 bits per heavy atom. The van der Waals surface area contributed by atoms with E-state index in [1.165, 1.54) is 0 Å². The van der Waals surface area contributed by atoms with E-state index in [1.807, 2.05) is 36.2 Å². The predicted octanol–water partition coefficient (Wildman–Crippen LogP) is 2.49. The van der Waals surface area contributed by atoms with Crippen LogP contribution in [0.5, 0.6) is 0 Å². The standard InChI is InChI=1S/C23H28N4O3S/c1-17(26(2)19-8-4-3-5-9-19)16-24-23(28)18-12-14-27(15-13-18)22-20-10-6-7-11-21(20)31(29,30)25-22/h3-11,17-18H,12-16H2,1-2H3,(H,24,28). The predicted molar refractivity (Wildman–Crippen MR) is 122 cm³/mol. The van der Waals surface area contributed by atoms with Crippen LogP contribution in [0.15, 0.2) is 63.9 Å². The van der Waals surface area contributed by atoms with Crippen molar-refractivity contribution < 1.29 is 13.2 Å². The van der Waals surface area contributed by atoms with Gasteiger partial charge in [0.25, 0.3) is 10.0 Å². The minimum atomic E-state index is -3.62. The number of piperidine rings is 1. The van der Waals surface area contributed by atoms with Crippen molar-refractivity contribution in [3.8, 4) is 0 Å². The zero-order chi connectivity index (χ0) is 22.0. The highest BCUT2D eigenvalue weighted by Gasteiger charge is 2.34. The largest absolute Gasteiger partial charge is 0.370 e. The van der Waals surface area contributed by atoms with E-state index < -0.39 is 10.0 Å². The maximum atomic E-state index is 12.7. The lowest BCUT2D eigenvalue weighted by atomic mass is 9.95. The van der Waals surface area contributed by atoms with Gasteiger partial charge in [-0.1, -0.05) is 30.3 Å². The second-order valence-electron chi connectivity index (χ2n) is 8.19. The van der Waals surface area contributed by atoms with Crippen molar-refractivity contribution in [2.45, 2.75) is 30.7 Å². The van der Waals surface area contributed by atoms with Gasteiger partial charge in [-0.25, -0.2) is 0 Å². The molecule has 2 heterocycles. The fourth-order valence-electron chi connectivity index (χ4n) is 4.12. The summed E-state index contributed by atoms with van der Waals surface area (Å²) in [5, 5.41) is 3.09. The third kappa shape index (κ3) is 4.44. The number of carbonyl (C=O) groups excluding carboxylic acids is 1. The molecular weight excluding hydrogens is 412 g/mol. The van der Waals surface area contributed by atoms with Gasteiger partial charge in [-0.2, -0.15) is 8.42 Å². The molecule has 1 unspecified atom stereocenters. The van der Waals surface area contributed by atoms with E-state index in [-0.39, 0.29) is 22.8 Å². The van der Waals surface area contributed by atoms with Crippen molar-refractivity contribution in [2.24, 2.45) is 10.3 Å². The van der Waals surface area contributed by atoms with E-state index in [0.717, 1.165) is 5.69 Å². The summed E-state index contributed by atoms with van der Waals surface area (Å²) in [6, 6.07) is 17.2. The molecule has 31 heavy (non-hydrogen) atoms. The van der Waals surface area contributed by atoms with Crippen molar-refractivity contribution in [3.63, 3.8) is 0 Å². The highest BCUT2D eigenvalue weighted by atomic mass is 32.2. The van der Waals surface area contributed by atoms with Gasteiger partial charge >= 0.3 is 0 Å². The van der Waals surface area contributed by atoms with Gasteiger partial charge in [0.2, 0.25) is 5.91 Å². The van der Waals surface area contributed by atoms with Gasteiger partial charge in [0.05, 0.1) is 0 Å². The molecule has 1 atom stereocenters. The average molecular weight is 441 g/mol. The maximum Gasteiger partial charge on any atom is 0.285 e. The fraction of sp³-hybridized carbons (Fsp3) is 0.391. The Morgan fingerprint density at radius 1 is 1.13 bits per heavy atom. The van der Waals surface area contributed by atoms with Gasteiger partial charge < -0.3 is 15.1 Å². The average Bonchev–Trinajstić information content (AvgIpc) is 3.08. The van der Waals surface area contributed by atoms with Gasteiger partial charge in [-0.05, 0) is 44.0 Å². The summed E-state index contributed by atoms with van der Waals surface area (Å²) in [5.74, 6) is 0.501. The maximum absolute atomic E-state index is 12.7. The smallest absolute Gasteiger partial charge is 0.285 e. The third-order valence-corrected chi connectivity index (χ3v) is 7.50. The molecule has 8 heteroatoms. The minimum absolute atomic E-state index is 0.0642. The van der Waals surface area contributed by atoms with E-state index in [2.05, 4.69) is 33.7 Å². The number of nitrogens with one attached hydrogen (secondary N) is 1. The second kappa shape index (κ2) is 8.70. The zero-order valence-corrected chi connectivity index (χ0v) is 18.7. The zero-order valence-electron chi connectivity index (χ0n) is 17.9. The Morgan fingerprint density at radius 3 is 2.48 bits per heavy atom. The number of amidine groups is 1. The molecule has 0 aromatic heterocycles. The molecule has 2 aromatic rings. The van der Waals surface area contributed by atoms with Crippen LogP contribution >= 0.6 is 0 Å². The first-order valence-electron chi connectivity index (χ1n) is 10.6. The number of amides is 1. The molecule has 1 saturated heterocycles. The lowest BCUT2D eigenvalue weighted by Gasteiger charge is -2.33. The lowest BCUT2D eigenvalue weighted by Crippen LogP contribution is -2.46. The molecule has 1 fully saturated rings. The van der Waals surface area contributed by atoms with Crippen molar-refractivity contribution in [2.75, 3.05) is 31.6 Å². The Kier molecular flexibility index (Phi) is 6.00. The Hall–Kier alpha value is -2.87. The quantitative estimate of drug-likeness (QED) is 0.773. The van der Waals surface area contributed by atoms with Crippen molar-refractivity contribution in [1.29, 1.82) is 0 Å². The highest BCUT2D eigenvalue weighted by Crippen LogP contribution is 2.29. The molecule has 0 radical (unpaired) electrons. The molecule has 4 rings (SSSR count). The first kappa shape index (κ1) is 21.4. The molecule has 1 N–H and O–H groups in total. The number of hydrogen-bond acceptors (Lipinski definition) is 5. The van der Waals surface area contributed by atoms with Gasteiger partial charge in [-0.15, -0.1) is 4.40 Å². The van der Waals surface area contributed by atoms with Crippen LogP contribution < -0.4 is 10.2 Å². The van der Waals surface area contributed by atoms with E-state index >= 15 is 0 Å². The second-order valence-corrected chi connectivity index (χ2v) is 9.76. The summed E-state index contributed by atoms with van der Waals surface area (Å²) >= 11 is 0. The summed E-state index contributed by atoms with van der Waals surface area (Å²) in [6.07, 6.45) is 1.35. The van der Waals surface area contributed by atoms with Crippen LogP contribution in [0.4, 0.5) is 5.69 Å². The van der Waals surface area contributed by atoms with Crippen LogP contribution in [-0.2, 0) is 14.8 Å². The number of carbonyl (C=O) groups is 1. The topological polar surface area (TPSA) is 82.1 Å². The number of para-hydroxylation sites is 1. The normalized spacial score (nSPS) is 18.8. The molecule has 2 aliphatic rings. The van der Waals surface area contributed by atoms with Gasteiger partial charge in [0.1, 0.15) is 4.90 Å². The van der Waals surface area contributed by atoms with Crippen molar-refractivity contribution in [3.05, 3.63) is 60.2 Å². The molecule has 1 amide bonds. The molecule has 0 spiro atoms. The molecule has 0 bridgehead atoms. The molecule has 2 aliphatic heterocycles. The van der Waals surface area contributed by atoms with Crippen LogP contribution in [-0.4, -0.2) is 57.8 Å². The number of benzene rings is 2. The Labute approximate surface area is 183 Å². The van der Waals surface area contributed by atoms with E-state index in [1.54, 1.807) is 18.2 Å². The van der Waals surface area contributed by atoms with Crippen LogP contribution in [0, 0.1) is 5.92 Å². The van der Waals surface area contributed by atoms with Crippen molar-refractivity contribution >= 4 is 27.5 Å². The van der Waals surface area contributed by atoms with Crippen LogP contribution in [0.25, 0.3) is 0 Å². The number of nitrogens with zero attached hydrogens (tertiary/aromatic N) is 3. The fourth-order valence-corrected chi connectivity index (χ4v) is 5.34. The Balaban J connectivity index is 1.31.